The molecule has 0 saturated heterocycles. The van der Waals surface area contributed by atoms with Crippen molar-refractivity contribution >= 4 is 18.8 Å². The number of rotatable bonds is 6. The molecule has 0 fully saturated rings. The highest BCUT2D eigenvalue weighted by molar-refractivity contribution is 7.78. The molecule has 0 saturated carbocycles. The summed E-state index contributed by atoms with van der Waals surface area (Å²) in [5.41, 5.74) is 0. The minimum Gasteiger partial charge on any atom is -0.464 e. The standard InChI is InChI=1S/C6H13NO3S/c1-9-5-6(8)10-4-2-3-7-11/h7,11H,2-5H2,1H3. The highest BCUT2D eigenvalue weighted by Crippen LogP contribution is 1.83. The maximum Gasteiger partial charge on any atom is 0.332 e. The molecule has 0 rings (SSSR count). The van der Waals surface area contributed by atoms with Gasteiger partial charge >= 0.3 is 5.97 Å². The van der Waals surface area contributed by atoms with Gasteiger partial charge in [-0.2, -0.15) is 0 Å². The smallest absolute Gasteiger partial charge is 0.332 e. The van der Waals surface area contributed by atoms with Crippen molar-refractivity contribution in [1.82, 2.24) is 4.72 Å². The minimum absolute atomic E-state index is 0.0221. The summed E-state index contributed by atoms with van der Waals surface area (Å²) in [7, 11) is 1.45. The lowest BCUT2D eigenvalue weighted by molar-refractivity contribution is -0.147. The van der Waals surface area contributed by atoms with Crippen molar-refractivity contribution < 1.29 is 14.3 Å². The summed E-state index contributed by atoms with van der Waals surface area (Å²) in [6.45, 7) is 1.16. The van der Waals surface area contributed by atoms with Gasteiger partial charge in [0.2, 0.25) is 0 Å². The summed E-state index contributed by atoms with van der Waals surface area (Å²) < 4.78 is 11.9. The van der Waals surface area contributed by atoms with Gasteiger partial charge in [-0.15, -0.1) is 0 Å². The van der Waals surface area contributed by atoms with Crippen LogP contribution in [0.15, 0.2) is 0 Å². The molecule has 0 heterocycles. The van der Waals surface area contributed by atoms with Gasteiger partial charge in [-0.05, 0) is 6.42 Å². The summed E-state index contributed by atoms with van der Waals surface area (Å²) in [5, 5.41) is 0. The van der Waals surface area contributed by atoms with E-state index in [0.29, 0.717) is 6.61 Å². The van der Waals surface area contributed by atoms with Crippen LogP contribution in [0, 0.1) is 0 Å². The van der Waals surface area contributed by atoms with Crippen molar-refractivity contribution in [2.24, 2.45) is 0 Å². The van der Waals surface area contributed by atoms with Crippen molar-refractivity contribution in [3.8, 4) is 0 Å². The molecule has 0 unspecified atom stereocenters. The molecular formula is C6H13NO3S. The van der Waals surface area contributed by atoms with Crippen LogP contribution in [0.1, 0.15) is 6.42 Å². The Hall–Kier alpha value is -0.260. The average Bonchev–Trinajstić information content (AvgIpc) is 1.99. The first-order valence-electron chi connectivity index (χ1n) is 3.32. The molecule has 11 heavy (non-hydrogen) atoms. The molecule has 0 radical (unpaired) electrons. The number of ether oxygens (including phenoxy) is 2. The molecule has 0 atom stereocenters. The van der Waals surface area contributed by atoms with E-state index in [-0.39, 0.29) is 12.6 Å². The molecule has 0 aliphatic rings. The fraction of sp³-hybridized carbons (Fsp3) is 0.833. The lowest BCUT2D eigenvalue weighted by atomic mass is 10.5. The Bertz CT molecular complexity index is 110. The topological polar surface area (TPSA) is 47.6 Å². The van der Waals surface area contributed by atoms with Crippen LogP contribution >= 0.6 is 12.8 Å². The Balaban J connectivity index is 3.04. The maximum atomic E-state index is 10.6. The van der Waals surface area contributed by atoms with Gasteiger partial charge in [-0.1, -0.05) is 12.8 Å². The molecular weight excluding hydrogens is 166 g/mol. The minimum atomic E-state index is -0.327. The lowest BCUT2D eigenvalue weighted by Crippen LogP contribution is -2.14. The van der Waals surface area contributed by atoms with Crippen molar-refractivity contribution in [2.75, 3.05) is 26.9 Å². The van der Waals surface area contributed by atoms with E-state index < -0.39 is 0 Å². The average molecular weight is 179 g/mol. The summed E-state index contributed by atoms with van der Waals surface area (Å²) in [4.78, 5) is 10.6. The van der Waals surface area contributed by atoms with Crippen molar-refractivity contribution in [3.05, 3.63) is 0 Å². The van der Waals surface area contributed by atoms with Gasteiger partial charge in [-0.25, -0.2) is 4.79 Å². The van der Waals surface area contributed by atoms with E-state index >= 15 is 0 Å². The Kier molecular flexibility index (Phi) is 7.66. The van der Waals surface area contributed by atoms with E-state index in [2.05, 4.69) is 22.3 Å². The van der Waals surface area contributed by atoms with Crippen LogP contribution in [0.25, 0.3) is 0 Å². The van der Waals surface area contributed by atoms with Gasteiger partial charge in [0.25, 0.3) is 0 Å². The van der Waals surface area contributed by atoms with Crippen LogP contribution in [0.3, 0.4) is 0 Å². The van der Waals surface area contributed by atoms with Crippen LogP contribution < -0.4 is 4.72 Å². The van der Waals surface area contributed by atoms with E-state index in [1.807, 2.05) is 0 Å². The van der Waals surface area contributed by atoms with Gasteiger partial charge in [-0.3, -0.25) is 4.72 Å². The summed E-state index contributed by atoms with van der Waals surface area (Å²) in [5.74, 6) is -0.327. The Morgan fingerprint density at radius 3 is 2.91 bits per heavy atom. The first-order valence-corrected chi connectivity index (χ1v) is 3.77. The second kappa shape index (κ2) is 7.84. The monoisotopic (exact) mass is 179 g/mol. The van der Waals surface area contributed by atoms with Crippen molar-refractivity contribution in [1.29, 1.82) is 0 Å². The van der Waals surface area contributed by atoms with Crippen LogP contribution in [-0.4, -0.2) is 32.8 Å². The van der Waals surface area contributed by atoms with Gasteiger partial charge < -0.3 is 9.47 Å². The largest absolute Gasteiger partial charge is 0.464 e. The normalized spacial score (nSPS) is 9.64. The van der Waals surface area contributed by atoms with Crippen LogP contribution in [0.4, 0.5) is 0 Å². The Morgan fingerprint density at radius 1 is 1.64 bits per heavy atom. The molecule has 5 heteroatoms. The molecule has 0 aliphatic heterocycles. The first kappa shape index (κ1) is 10.7. The van der Waals surface area contributed by atoms with E-state index in [9.17, 15) is 4.79 Å². The summed E-state index contributed by atoms with van der Waals surface area (Å²) in [6.07, 6.45) is 0.763. The number of esters is 1. The molecule has 0 aromatic heterocycles. The number of carbonyl (C=O) groups excluding carboxylic acids is 1. The second-order valence-electron chi connectivity index (χ2n) is 1.92. The number of thiol groups is 1. The molecule has 0 aliphatic carbocycles. The number of methoxy groups -OCH3 is 1. The van der Waals surface area contributed by atoms with Crippen molar-refractivity contribution in [2.45, 2.75) is 6.42 Å². The van der Waals surface area contributed by atoms with E-state index in [1.165, 1.54) is 7.11 Å². The third-order valence-corrected chi connectivity index (χ3v) is 1.18. The zero-order chi connectivity index (χ0) is 8.53. The lowest BCUT2D eigenvalue weighted by Gasteiger charge is -2.02. The fourth-order valence-corrected chi connectivity index (χ4v) is 0.655. The van der Waals surface area contributed by atoms with E-state index in [1.54, 1.807) is 0 Å². The molecule has 66 valence electrons. The van der Waals surface area contributed by atoms with Crippen LogP contribution in [0.2, 0.25) is 0 Å². The van der Waals surface area contributed by atoms with Crippen LogP contribution in [-0.2, 0) is 14.3 Å². The highest BCUT2D eigenvalue weighted by Gasteiger charge is 1.99. The van der Waals surface area contributed by atoms with Gasteiger partial charge in [0.05, 0.1) is 6.61 Å². The second-order valence-corrected chi connectivity index (χ2v) is 2.23. The molecule has 0 spiro atoms. The third kappa shape index (κ3) is 7.64. The zero-order valence-electron chi connectivity index (χ0n) is 6.50. The molecule has 0 bridgehead atoms. The maximum absolute atomic E-state index is 10.6. The van der Waals surface area contributed by atoms with Crippen molar-refractivity contribution in [3.63, 3.8) is 0 Å². The number of nitrogens with one attached hydrogen (secondary N) is 1. The SMILES string of the molecule is COCC(=O)OCCCNS. The number of hydrogen-bond donors (Lipinski definition) is 2. The Labute approximate surface area is 71.8 Å². The molecule has 1 N–H and O–H groups in total. The van der Waals surface area contributed by atoms with E-state index in [0.717, 1.165) is 13.0 Å². The van der Waals surface area contributed by atoms with Crippen LogP contribution in [0.5, 0.6) is 0 Å². The summed E-state index contributed by atoms with van der Waals surface area (Å²) in [6, 6.07) is 0. The number of carbonyl (C=O) groups is 1. The molecule has 0 aromatic rings. The predicted octanol–water partition coefficient (Wildman–Crippen LogP) is 0.000500. The van der Waals surface area contributed by atoms with Gasteiger partial charge in [0.1, 0.15) is 6.61 Å². The zero-order valence-corrected chi connectivity index (χ0v) is 7.39. The number of hydrogen-bond acceptors (Lipinski definition) is 5. The van der Waals surface area contributed by atoms with E-state index in [4.69, 9.17) is 4.74 Å². The quantitative estimate of drug-likeness (QED) is 0.342. The molecule has 0 amide bonds. The van der Waals surface area contributed by atoms with Gasteiger partial charge in [0, 0.05) is 13.7 Å². The third-order valence-electron chi connectivity index (χ3n) is 0.958. The summed E-state index contributed by atoms with van der Waals surface area (Å²) >= 11 is 3.77. The Morgan fingerprint density at radius 2 is 2.36 bits per heavy atom. The predicted molar refractivity (Wildman–Crippen MR) is 44.4 cm³/mol. The van der Waals surface area contributed by atoms with Gasteiger partial charge in [0.15, 0.2) is 0 Å². The fourth-order valence-electron chi connectivity index (χ4n) is 0.497. The molecule has 4 nitrogen and oxygen atoms in total. The highest BCUT2D eigenvalue weighted by atomic mass is 32.1. The first-order chi connectivity index (χ1) is 5.31. The molecule has 0 aromatic carbocycles.